The molecule has 2 aliphatic rings. The number of rotatable bonds is 3. The highest BCUT2D eigenvalue weighted by Gasteiger charge is 2.30. The van der Waals surface area contributed by atoms with E-state index in [9.17, 15) is 19.3 Å². The highest BCUT2D eigenvalue weighted by Crippen LogP contribution is 2.32. The molecule has 0 saturated carbocycles. The lowest BCUT2D eigenvalue weighted by Crippen LogP contribution is -2.25. The molecule has 6 rings (SSSR count). The van der Waals surface area contributed by atoms with Crippen molar-refractivity contribution in [2.45, 2.75) is 6.92 Å². The maximum atomic E-state index is 15.2. The van der Waals surface area contributed by atoms with Gasteiger partial charge in [0.25, 0.3) is 0 Å². The molecule has 1 aromatic heterocycles. The molecule has 45 heavy (non-hydrogen) atoms. The van der Waals surface area contributed by atoms with E-state index in [1.807, 2.05) is 6.07 Å². The first-order chi connectivity index (χ1) is 21.7. The Morgan fingerprint density at radius 3 is 1.89 bits per heavy atom. The third-order valence-electron chi connectivity index (χ3n) is 6.62. The summed E-state index contributed by atoms with van der Waals surface area (Å²) in [4.78, 5) is 32.7. The number of para-hydroxylation sites is 2. The molecule has 0 radical (unpaired) electrons. The highest BCUT2D eigenvalue weighted by atomic mass is 19.2. The zero-order valence-electron chi connectivity index (χ0n) is 22.4. The predicted molar refractivity (Wildman–Crippen MR) is 143 cm³/mol. The molecule has 0 unspecified atom stereocenters. The van der Waals surface area contributed by atoms with Gasteiger partial charge in [0.2, 0.25) is 0 Å². The number of aromatic nitrogens is 3. The Kier molecular flexibility index (Phi) is 6.70. The van der Waals surface area contributed by atoms with Crippen LogP contribution in [0.1, 0.15) is 23.9 Å². The molecule has 0 saturated heterocycles. The van der Waals surface area contributed by atoms with E-state index in [1.165, 1.54) is 19.1 Å². The highest BCUT2D eigenvalue weighted by molar-refractivity contribution is 5.71. The normalized spacial score (nSPS) is 13.4. The summed E-state index contributed by atoms with van der Waals surface area (Å²) < 4.78 is 59.8. The van der Waals surface area contributed by atoms with Crippen LogP contribution in [-0.4, -0.2) is 15.0 Å². The summed E-state index contributed by atoms with van der Waals surface area (Å²) in [6.07, 6.45) is 0. The lowest BCUT2D eigenvalue weighted by atomic mass is 10.1. The largest absolute Gasteiger partial charge is 0.305 e. The quantitative estimate of drug-likeness (QED) is 0.152. The molecule has 0 N–H and O–H groups in total. The molecule has 3 aromatic carbocycles. The van der Waals surface area contributed by atoms with Gasteiger partial charge < -0.3 is 0 Å². The Morgan fingerprint density at radius 1 is 0.711 bits per heavy atom. The Balaban J connectivity index is 1.67. The van der Waals surface area contributed by atoms with Gasteiger partial charge in [-0.3, -0.25) is 0 Å². The van der Waals surface area contributed by atoms with E-state index in [0.29, 0.717) is 10.7 Å². The molecule has 0 bridgehead atoms. The van der Waals surface area contributed by atoms with Gasteiger partial charge in [-0.2, -0.15) is 10.5 Å². The van der Waals surface area contributed by atoms with Crippen molar-refractivity contribution < 1.29 is 17.6 Å². The molecule has 0 spiro atoms. The molecule has 0 atom stereocenters. The molecule has 0 fully saturated rings. The van der Waals surface area contributed by atoms with Gasteiger partial charge in [-0.25, -0.2) is 62.6 Å². The van der Waals surface area contributed by atoms with E-state index < -0.39 is 45.9 Å². The lowest BCUT2D eigenvalue weighted by molar-refractivity contribution is 0.453. The zero-order chi connectivity index (χ0) is 32.0. The average Bonchev–Trinajstić information content (AvgIpc) is 3.68. The van der Waals surface area contributed by atoms with E-state index in [4.69, 9.17) is 11.8 Å². The van der Waals surface area contributed by atoms with Gasteiger partial charge in [0.1, 0.15) is 23.1 Å². The van der Waals surface area contributed by atoms with Crippen molar-refractivity contribution in [3.05, 3.63) is 127 Å². The summed E-state index contributed by atoms with van der Waals surface area (Å²) in [5.74, 6) is -9.37. The van der Waals surface area contributed by atoms with E-state index in [0.717, 1.165) is 6.07 Å². The van der Waals surface area contributed by atoms with Crippen LogP contribution in [0.3, 0.4) is 0 Å². The molecular formula is C30H9F4N11. The smallest absolute Gasteiger partial charge is 0.238 e. The number of allylic oxidation sites excluding steroid dienone is 2. The van der Waals surface area contributed by atoms with Crippen LogP contribution in [0.2, 0.25) is 0 Å². The van der Waals surface area contributed by atoms with E-state index in [1.54, 1.807) is 30.3 Å². The van der Waals surface area contributed by atoms with Crippen molar-refractivity contribution in [3.63, 3.8) is 0 Å². The second kappa shape index (κ2) is 10.7. The van der Waals surface area contributed by atoms with Crippen LogP contribution >= 0.6 is 0 Å². The number of hydrogen-bond donors (Lipinski definition) is 0. The van der Waals surface area contributed by atoms with Crippen molar-refractivity contribution in [2.75, 3.05) is 0 Å². The fourth-order valence-electron chi connectivity index (χ4n) is 4.44. The average molecular weight is 599 g/mol. The van der Waals surface area contributed by atoms with Gasteiger partial charge in [0.05, 0.1) is 39.8 Å². The van der Waals surface area contributed by atoms with Gasteiger partial charge in [0.15, 0.2) is 52.4 Å². The summed E-state index contributed by atoms with van der Waals surface area (Å²) in [5, 5.41) is 29.5. The summed E-state index contributed by atoms with van der Waals surface area (Å²) in [5.41, 5.74) is -3.30. The van der Waals surface area contributed by atoms with E-state index in [-0.39, 0.29) is 50.7 Å². The van der Waals surface area contributed by atoms with Crippen LogP contribution in [0.4, 0.5) is 17.6 Å². The van der Waals surface area contributed by atoms with Crippen LogP contribution in [0.25, 0.3) is 33.2 Å². The standard InChI is InChI=1S/C30H9F4N11/c1-12(26-39-16-5-3-4-6-17(16)40-26)27-43-28(45-30(44-27)20-23(33)21(31)15(10-36)22(32)24(20)34)13-7-8-18-25(14(13)9-35)42-29(41-18)19(11-37)38-2/h3-8H,1H3/b29-19+. The number of benzene rings is 3. The number of hydrogen-bond acceptors (Lipinski definition) is 10. The van der Waals surface area contributed by atoms with Crippen molar-refractivity contribution in [2.24, 2.45) is 20.0 Å². The van der Waals surface area contributed by atoms with Crippen molar-refractivity contribution in [1.29, 1.82) is 15.8 Å². The Morgan fingerprint density at radius 2 is 1.31 bits per heavy atom. The van der Waals surface area contributed by atoms with Gasteiger partial charge in [-0.15, -0.1) is 0 Å². The van der Waals surface area contributed by atoms with E-state index >= 15 is 8.78 Å². The molecule has 2 aliphatic heterocycles. The third kappa shape index (κ3) is 4.45. The van der Waals surface area contributed by atoms with Crippen LogP contribution in [-0.2, 0) is 0 Å². The van der Waals surface area contributed by atoms with Crippen LogP contribution < -0.4 is 21.4 Å². The summed E-state index contributed by atoms with van der Waals surface area (Å²) in [6, 6.07) is 14.3. The lowest BCUT2D eigenvalue weighted by Gasteiger charge is -2.12. The predicted octanol–water partition coefficient (Wildman–Crippen LogP) is 3.01. The Hall–Kier alpha value is -6.97. The van der Waals surface area contributed by atoms with Crippen LogP contribution in [0.15, 0.2) is 73.7 Å². The first-order valence-electron chi connectivity index (χ1n) is 12.5. The first kappa shape index (κ1) is 28.2. The zero-order valence-corrected chi connectivity index (χ0v) is 22.4. The second-order valence-electron chi connectivity index (χ2n) is 9.17. The SMILES string of the molecule is [C-]#[N+]/C(C#N)=C1\N=c2ccc(-c3nc(C(C)=C4N=c5ccccc5=N4)nc(-c4c(F)c(F)c(C#N)c(F)c4F)n3)c(C#N)c2=N1. The van der Waals surface area contributed by atoms with E-state index in [2.05, 4.69) is 39.8 Å². The monoisotopic (exact) mass is 599 g/mol. The number of fused-ring (bicyclic) bond motifs is 2. The Labute approximate surface area is 248 Å². The molecule has 0 amide bonds. The number of nitrogens with zero attached hydrogens (tertiary/aromatic N) is 11. The number of halogens is 4. The minimum atomic E-state index is -1.95. The topological polar surface area (TPSA) is 164 Å². The van der Waals surface area contributed by atoms with Gasteiger partial charge in [0, 0.05) is 11.1 Å². The fraction of sp³-hybridized carbons (Fsp3) is 0.0333. The summed E-state index contributed by atoms with van der Waals surface area (Å²) >= 11 is 0. The molecule has 15 heteroatoms. The molecule has 4 aromatic rings. The molecule has 3 heterocycles. The maximum Gasteiger partial charge on any atom is 0.305 e. The Bertz CT molecular complexity index is 2460. The maximum absolute atomic E-state index is 15.2. The summed E-state index contributed by atoms with van der Waals surface area (Å²) in [7, 11) is 0. The van der Waals surface area contributed by atoms with Crippen molar-refractivity contribution in [3.8, 4) is 41.0 Å². The molecule has 0 aliphatic carbocycles. The second-order valence-corrected chi connectivity index (χ2v) is 9.17. The van der Waals surface area contributed by atoms with Gasteiger partial charge >= 0.3 is 5.70 Å². The minimum Gasteiger partial charge on any atom is -0.238 e. The third-order valence-corrected chi connectivity index (χ3v) is 6.62. The summed E-state index contributed by atoms with van der Waals surface area (Å²) in [6.45, 7) is 8.66. The molecular weight excluding hydrogens is 590 g/mol. The first-order valence-corrected chi connectivity index (χ1v) is 12.5. The van der Waals surface area contributed by atoms with Crippen molar-refractivity contribution in [1.82, 2.24) is 15.0 Å². The van der Waals surface area contributed by atoms with Crippen LogP contribution in [0, 0.1) is 63.8 Å². The van der Waals surface area contributed by atoms with Gasteiger partial charge in [-0.1, -0.05) is 12.1 Å². The van der Waals surface area contributed by atoms with Gasteiger partial charge in [-0.05, 0) is 31.2 Å². The fourth-order valence-corrected chi connectivity index (χ4v) is 4.44. The van der Waals surface area contributed by atoms with Crippen LogP contribution in [0.5, 0.6) is 0 Å². The number of nitriles is 3. The molecule has 11 nitrogen and oxygen atoms in total. The minimum absolute atomic E-state index is 0.0379. The van der Waals surface area contributed by atoms with Crippen molar-refractivity contribution >= 4 is 5.57 Å². The molecule has 212 valence electrons.